The molecule has 2 aromatic rings. The maximum atomic E-state index is 12.6. The molecule has 22 heavy (non-hydrogen) atoms. The van der Waals surface area contributed by atoms with Crippen LogP contribution in [0.3, 0.4) is 0 Å². The number of nitrogens with zero attached hydrogens (tertiary/aromatic N) is 3. The number of fused-ring (bicyclic) bond motifs is 1. The fourth-order valence-electron chi connectivity index (χ4n) is 2.92. The van der Waals surface area contributed by atoms with Crippen LogP contribution in [0.1, 0.15) is 40.3 Å². The van der Waals surface area contributed by atoms with Crippen LogP contribution in [0.4, 0.5) is 0 Å². The summed E-state index contributed by atoms with van der Waals surface area (Å²) in [5.74, 6) is -0.0631. The van der Waals surface area contributed by atoms with Gasteiger partial charge in [-0.05, 0) is 52.8 Å². The smallest absolute Gasteiger partial charge is 0.257 e. The van der Waals surface area contributed by atoms with Gasteiger partial charge in [0.1, 0.15) is 5.56 Å². The number of aromatic nitrogens is 3. The molecule has 0 radical (unpaired) electrons. The lowest BCUT2D eigenvalue weighted by Gasteiger charge is -2.23. The van der Waals surface area contributed by atoms with E-state index in [0.717, 1.165) is 43.0 Å². The second kappa shape index (κ2) is 6.62. The predicted molar refractivity (Wildman–Crippen MR) is 87.8 cm³/mol. The van der Waals surface area contributed by atoms with E-state index >= 15 is 0 Å². The molecule has 1 amide bonds. The average molecular weight is 324 g/mol. The average Bonchev–Trinajstić information content (AvgIpc) is 2.76. The Balaban J connectivity index is 0.00000176. The van der Waals surface area contributed by atoms with Crippen LogP contribution in [-0.2, 0) is 0 Å². The molecule has 0 bridgehead atoms. The molecule has 0 unspecified atom stereocenters. The Bertz CT molecular complexity index is 691. The number of piperidine rings is 1. The fraction of sp³-hybridized carbons (Fsp3) is 0.533. The molecule has 1 fully saturated rings. The molecule has 3 rings (SSSR count). The predicted octanol–water partition coefficient (Wildman–Crippen LogP) is 1.56. The lowest BCUT2D eigenvalue weighted by Crippen LogP contribution is -2.42. The van der Waals surface area contributed by atoms with E-state index in [9.17, 15) is 4.79 Å². The van der Waals surface area contributed by atoms with Crippen molar-refractivity contribution in [2.75, 3.05) is 13.1 Å². The largest absolute Gasteiger partial charge is 0.349 e. The van der Waals surface area contributed by atoms with Crippen LogP contribution >= 0.6 is 12.4 Å². The third kappa shape index (κ3) is 3.08. The lowest BCUT2D eigenvalue weighted by atomic mass is 10.1. The number of amides is 1. The highest BCUT2D eigenvalue weighted by Gasteiger charge is 2.22. The van der Waals surface area contributed by atoms with E-state index in [1.807, 2.05) is 26.8 Å². The van der Waals surface area contributed by atoms with Crippen LogP contribution in [0.2, 0.25) is 0 Å². The summed E-state index contributed by atoms with van der Waals surface area (Å²) in [6, 6.07) is 2.20. The SMILES string of the molecule is Cc1cc(C)n2nc(C)c(C(=O)NC3CCNCC3)c2n1.Cl. The molecule has 0 spiro atoms. The van der Waals surface area contributed by atoms with Gasteiger partial charge in [0.25, 0.3) is 5.91 Å². The van der Waals surface area contributed by atoms with Crippen molar-refractivity contribution < 1.29 is 4.79 Å². The van der Waals surface area contributed by atoms with Crippen LogP contribution in [0.15, 0.2) is 6.07 Å². The number of halogens is 1. The number of aryl methyl sites for hydroxylation is 3. The van der Waals surface area contributed by atoms with Crippen LogP contribution in [0.25, 0.3) is 5.65 Å². The lowest BCUT2D eigenvalue weighted by molar-refractivity contribution is 0.0930. The Morgan fingerprint density at radius 3 is 2.68 bits per heavy atom. The van der Waals surface area contributed by atoms with Gasteiger partial charge in [-0.15, -0.1) is 12.4 Å². The van der Waals surface area contributed by atoms with E-state index in [2.05, 4.69) is 20.7 Å². The van der Waals surface area contributed by atoms with Gasteiger partial charge in [0, 0.05) is 17.4 Å². The van der Waals surface area contributed by atoms with Crippen LogP contribution in [0, 0.1) is 20.8 Å². The maximum absolute atomic E-state index is 12.6. The van der Waals surface area contributed by atoms with Crippen molar-refractivity contribution >= 4 is 24.0 Å². The summed E-state index contributed by atoms with van der Waals surface area (Å²) in [5.41, 5.74) is 3.86. The molecule has 1 saturated heterocycles. The second-order valence-corrected chi connectivity index (χ2v) is 5.73. The maximum Gasteiger partial charge on any atom is 0.257 e. The molecular weight excluding hydrogens is 302 g/mol. The number of carbonyl (C=O) groups is 1. The topological polar surface area (TPSA) is 71.3 Å². The van der Waals surface area contributed by atoms with Gasteiger partial charge in [0.05, 0.1) is 5.69 Å². The third-order valence-electron chi connectivity index (χ3n) is 3.97. The zero-order valence-electron chi connectivity index (χ0n) is 13.1. The third-order valence-corrected chi connectivity index (χ3v) is 3.97. The van der Waals surface area contributed by atoms with Gasteiger partial charge in [-0.25, -0.2) is 9.50 Å². The van der Waals surface area contributed by atoms with Crippen molar-refractivity contribution in [1.82, 2.24) is 25.2 Å². The monoisotopic (exact) mass is 323 g/mol. The molecule has 2 aromatic heterocycles. The van der Waals surface area contributed by atoms with Gasteiger partial charge in [-0.2, -0.15) is 5.10 Å². The zero-order chi connectivity index (χ0) is 15.0. The molecule has 0 saturated carbocycles. The van der Waals surface area contributed by atoms with E-state index in [-0.39, 0.29) is 24.4 Å². The minimum absolute atomic E-state index is 0. The van der Waals surface area contributed by atoms with Gasteiger partial charge in [-0.3, -0.25) is 4.79 Å². The first-order chi connectivity index (χ1) is 10.1. The first kappa shape index (κ1) is 16.7. The van der Waals surface area contributed by atoms with Crippen molar-refractivity contribution in [3.8, 4) is 0 Å². The Morgan fingerprint density at radius 2 is 2.00 bits per heavy atom. The fourth-order valence-corrected chi connectivity index (χ4v) is 2.92. The Labute approximate surface area is 136 Å². The number of hydrogen-bond donors (Lipinski definition) is 2. The van der Waals surface area contributed by atoms with E-state index in [0.29, 0.717) is 11.2 Å². The Hall–Kier alpha value is -1.66. The number of nitrogens with one attached hydrogen (secondary N) is 2. The summed E-state index contributed by atoms with van der Waals surface area (Å²) in [6.07, 6.45) is 1.94. The van der Waals surface area contributed by atoms with Crippen LogP contribution < -0.4 is 10.6 Å². The summed E-state index contributed by atoms with van der Waals surface area (Å²) in [4.78, 5) is 17.1. The van der Waals surface area contributed by atoms with Gasteiger partial charge < -0.3 is 10.6 Å². The van der Waals surface area contributed by atoms with E-state index in [1.54, 1.807) is 4.52 Å². The van der Waals surface area contributed by atoms with Crippen molar-refractivity contribution in [2.45, 2.75) is 39.7 Å². The van der Waals surface area contributed by atoms with E-state index < -0.39 is 0 Å². The molecular formula is C15H22ClN5O. The standard InChI is InChI=1S/C15H21N5O.ClH/c1-9-8-10(2)20-14(17-9)13(11(3)19-20)15(21)18-12-4-6-16-7-5-12;/h8,12,16H,4-7H2,1-3H3,(H,18,21);1H. The summed E-state index contributed by atoms with van der Waals surface area (Å²) in [7, 11) is 0. The van der Waals surface area contributed by atoms with Crippen molar-refractivity contribution in [3.63, 3.8) is 0 Å². The Morgan fingerprint density at radius 1 is 1.32 bits per heavy atom. The van der Waals surface area contributed by atoms with Crippen LogP contribution in [-0.4, -0.2) is 39.6 Å². The van der Waals surface area contributed by atoms with Crippen molar-refractivity contribution in [3.05, 3.63) is 28.7 Å². The minimum Gasteiger partial charge on any atom is -0.349 e. The highest BCUT2D eigenvalue weighted by atomic mass is 35.5. The number of carbonyl (C=O) groups excluding carboxylic acids is 1. The molecule has 0 atom stereocenters. The molecule has 0 aromatic carbocycles. The first-order valence-corrected chi connectivity index (χ1v) is 7.41. The second-order valence-electron chi connectivity index (χ2n) is 5.73. The first-order valence-electron chi connectivity index (χ1n) is 7.41. The molecule has 120 valence electrons. The molecule has 6 nitrogen and oxygen atoms in total. The van der Waals surface area contributed by atoms with Crippen molar-refractivity contribution in [1.29, 1.82) is 0 Å². The normalized spacial score (nSPS) is 15.6. The van der Waals surface area contributed by atoms with Gasteiger partial charge in [0.15, 0.2) is 5.65 Å². The summed E-state index contributed by atoms with van der Waals surface area (Å²) >= 11 is 0. The molecule has 7 heteroatoms. The van der Waals surface area contributed by atoms with Crippen LogP contribution in [0.5, 0.6) is 0 Å². The summed E-state index contributed by atoms with van der Waals surface area (Å²) in [6.45, 7) is 7.68. The summed E-state index contributed by atoms with van der Waals surface area (Å²) in [5, 5.41) is 10.9. The van der Waals surface area contributed by atoms with Gasteiger partial charge >= 0.3 is 0 Å². The molecule has 2 N–H and O–H groups in total. The van der Waals surface area contributed by atoms with Gasteiger partial charge in [-0.1, -0.05) is 0 Å². The molecule has 0 aliphatic carbocycles. The molecule has 1 aliphatic rings. The molecule has 3 heterocycles. The Kier molecular flexibility index (Phi) is 5.03. The van der Waals surface area contributed by atoms with E-state index in [1.165, 1.54) is 0 Å². The quantitative estimate of drug-likeness (QED) is 0.880. The molecule has 1 aliphatic heterocycles. The highest BCUT2D eigenvalue weighted by Crippen LogP contribution is 2.17. The minimum atomic E-state index is -0.0631. The van der Waals surface area contributed by atoms with Gasteiger partial charge in [0.2, 0.25) is 0 Å². The van der Waals surface area contributed by atoms with E-state index in [4.69, 9.17) is 0 Å². The number of hydrogen-bond acceptors (Lipinski definition) is 4. The summed E-state index contributed by atoms with van der Waals surface area (Å²) < 4.78 is 1.75. The zero-order valence-corrected chi connectivity index (χ0v) is 14.0. The van der Waals surface area contributed by atoms with Crippen molar-refractivity contribution in [2.24, 2.45) is 0 Å². The number of rotatable bonds is 2. The highest BCUT2D eigenvalue weighted by molar-refractivity contribution is 6.01.